The third kappa shape index (κ3) is 7.22. The van der Waals surface area contributed by atoms with Crippen molar-refractivity contribution in [3.63, 3.8) is 0 Å². The number of benzene rings is 2. The van der Waals surface area contributed by atoms with Gasteiger partial charge in [-0.05, 0) is 61.3 Å². The molecule has 3 nitrogen and oxygen atoms in total. The lowest BCUT2D eigenvalue weighted by molar-refractivity contribution is -0.113. The van der Waals surface area contributed by atoms with Gasteiger partial charge in [0.2, 0.25) is 5.91 Å². The van der Waals surface area contributed by atoms with Crippen LogP contribution in [0.4, 0.5) is 5.69 Å². The van der Waals surface area contributed by atoms with E-state index >= 15 is 0 Å². The number of ether oxygens (including phenoxy) is 1. The second-order valence-electron chi connectivity index (χ2n) is 5.97. The van der Waals surface area contributed by atoms with E-state index in [1.807, 2.05) is 30.3 Å². The van der Waals surface area contributed by atoms with Crippen LogP contribution in [0.1, 0.15) is 30.9 Å². The van der Waals surface area contributed by atoms with E-state index in [1.54, 1.807) is 11.8 Å². The van der Waals surface area contributed by atoms with Crippen LogP contribution in [-0.2, 0) is 11.2 Å². The van der Waals surface area contributed by atoms with E-state index in [2.05, 4.69) is 37.4 Å². The SMILES string of the molecule is CCc1ccc(NC(=O)CSCCCCOc2ccccc2C)cc1. The number of nitrogens with one attached hydrogen (secondary N) is 1. The Balaban J connectivity index is 1.53. The van der Waals surface area contributed by atoms with Gasteiger partial charge in [-0.1, -0.05) is 37.3 Å². The number of aryl methyl sites for hydroxylation is 2. The number of rotatable bonds is 10. The summed E-state index contributed by atoms with van der Waals surface area (Å²) in [4.78, 5) is 11.9. The van der Waals surface area contributed by atoms with Crippen molar-refractivity contribution in [3.8, 4) is 5.75 Å². The summed E-state index contributed by atoms with van der Waals surface area (Å²) in [5.74, 6) is 2.49. The third-order valence-corrected chi connectivity index (χ3v) is 4.96. The van der Waals surface area contributed by atoms with Gasteiger partial charge in [-0.3, -0.25) is 4.79 Å². The van der Waals surface area contributed by atoms with Crippen molar-refractivity contribution in [3.05, 3.63) is 59.7 Å². The van der Waals surface area contributed by atoms with Gasteiger partial charge in [0.15, 0.2) is 0 Å². The Labute approximate surface area is 155 Å². The number of amides is 1. The molecule has 2 aromatic carbocycles. The van der Waals surface area contributed by atoms with Gasteiger partial charge in [-0.2, -0.15) is 11.8 Å². The Morgan fingerprint density at radius 3 is 2.56 bits per heavy atom. The Hall–Kier alpha value is -1.94. The topological polar surface area (TPSA) is 38.3 Å². The van der Waals surface area contributed by atoms with E-state index in [-0.39, 0.29) is 5.91 Å². The molecule has 0 atom stereocenters. The molecule has 4 heteroatoms. The number of anilines is 1. The molecule has 0 aliphatic rings. The molecule has 1 N–H and O–H groups in total. The lowest BCUT2D eigenvalue weighted by Gasteiger charge is -2.08. The second kappa shape index (κ2) is 10.8. The number of hydrogen-bond acceptors (Lipinski definition) is 3. The normalized spacial score (nSPS) is 10.5. The minimum absolute atomic E-state index is 0.0606. The van der Waals surface area contributed by atoms with E-state index < -0.39 is 0 Å². The first-order valence-electron chi connectivity index (χ1n) is 8.84. The second-order valence-corrected chi connectivity index (χ2v) is 7.08. The van der Waals surface area contributed by atoms with Gasteiger partial charge in [0.1, 0.15) is 5.75 Å². The van der Waals surface area contributed by atoms with Crippen LogP contribution in [0.3, 0.4) is 0 Å². The molecule has 2 aromatic rings. The molecule has 0 aromatic heterocycles. The van der Waals surface area contributed by atoms with Crippen molar-refractivity contribution in [1.82, 2.24) is 0 Å². The first-order chi connectivity index (χ1) is 12.2. The van der Waals surface area contributed by atoms with E-state index in [0.29, 0.717) is 5.75 Å². The van der Waals surface area contributed by atoms with Gasteiger partial charge in [-0.25, -0.2) is 0 Å². The molecule has 0 saturated heterocycles. The Kier molecular flexibility index (Phi) is 8.40. The number of carbonyl (C=O) groups is 1. The average molecular weight is 358 g/mol. The van der Waals surface area contributed by atoms with Crippen LogP contribution in [0.2, 0.25) is 0 Å². The van der Waals surface area contributed by atoms with Crippen LogP contribution >= 0.6 is 11.8 Å². The number of unbranched alkanes of at least 4 members (excludes halogenated alkanes) is 1. The molecule has 25 heavy (non-hydrogen) atoms. The predicted molar refractivity (Wildman–Crippen MR) is 108 cm³/mol. The Bertz CT molecular complexity index is 655. The highest BCUT2D eigenvalue weighted by Gasteiger charge is 2.03. The average Bonchev–Trinajstić information content (AvgIpc) is 2.63. The minimum atomic E-state index is 0.0606. The highest BCUT2D eigenvalue weighted by atomic mass is 32.2. The molecule has 0 saturated carbocycles. The summed E-state index contributed by atoms with van der Waals surface area (Å²) in [5, 5.41) is 2.94. The maximum atomic E-state index is 11.9. The van der Waals surface area contributed by atoms with Gasteiger partial charge in [0.25, 0.3) is 0 Å². The third-order valence-electron chi connectivity index (χ3n) is 3.91. The van der Waals surface area contributed by atoms with Gasteiger partial charge < -0.3 is 10.1 Å². The summed E-state index contributed by atoms with van der Waals surface area (Å²) < 4.78 is 5.77. The predicted octanol–water partition coefficient (Wildman–Crippen LogP) is 5.09. The highest BCUT2D eigenvalue weighted by molar-refractivity contribution is 7.99. The Morgan fingerprint density at radius 2 is 1.84 bits per heavy atom. The summed E-state index contributed by atoms with van der Waals surface area (Å²) in [5.41, 5.74) is 3.32. The van der Waals surface area contributed by atoms with Crippen molar-refractivity contribution in [1.29, 1.82) is 0 Å². The van der Waals surface area contributed by atoms with Crippen LogP contribution in [0.25, 0.3) is 0 Å². The van der Waals surface area contributed by atoms with Gasteiger partial charge in [-0.15, -0.1) is 0 Å². The van der Waals surface area contributed by atoms with Crippen molar-refractivity contribution in [2.45, 2.75) is 33.1 Å². The zero-order valence-corrected chi connectivity index (χ0v) is 15.9. The van der Waals surface area contributed by atoms with E-state index in [0.717, 1.165) is 43.1 Å². The minimum Gasteiger partial charge on any atom is -0.493 e. The van der Waals surface area contributed by atoms with Crippen molar-refractivity contribution in [2.24, 2.45) is 0 Å². The molecule has 0 unspecified atom stereocenters. The molecule has 0 heterocycles. The smallest absolute Gasteiger partial charge is 0.234 e. The zero-order valence-electron chi connectivity index (χ0n) is 15.1. The maximum Gasteiger partial charge on any atom is 0.234 e. The first kappa shape index (κ1) is 19.4. The molecule has 0 bridgehead atoms. The highest BCUT2D eigenvalue weighted by Crippen LogP contribution is 2.17. The summed E-state index contributed by atoms with van der Waals surface area (Å²) in [7, 11) is 0. The first-order valence-corrected chi connectivity index (χ1v) is 9.99. The molecule has 1 amide bonds. The van der Waals surface area contributed by atoms with Crippen molar-refractivity contribution < 1.29 is 9.53 Å². The Morgan fingerprint density at radius 1 is 1.08 bits per heavy atom. The maximum absolute atomic E-state index is 11.9. The van der Waals surface area contributed by atoms with E-state index in [4.69, 9.17) is 4.74 Å². The molecule has 0 aliphatic heterocycles. The summed E-state index contributed by atoms with van der Waals surface area (Å²) in [6.07, 6.45) is 3.06. The standard InChI is InChI=1S/C21H27NO2S/c1-3-18-10-12-19(13-11-18)22-21(23)16-25-15-7-6-14-24-20-9-5-4-8-17(20)2/h4-5,8-13H,3,6-7,14-16H2,1-2H3,(H,22,23). The summed E-state index contributed by atoms with van der Waals surface area (Å²) in [6, 6.07) is 16.1. The summed E-state index contributed by atoms with van der Waals surface area (Å²) in [6.45, 7) is 4.90. The molecular formula is C21H27NO2S. The van der Waals surface area contributed by atoms with Crippen LogP contribution < -0.4 is 10.1 Å². The molecular weight excluding hydrogens is 330 g/mol. The van der Waals surface area contributed by atoms with Gasteiger partial charge in [0, 0.05) is 5.69 Å². The summed E-state index contributed by atoms with van der Waals surface area (Å²) >= 11 is 1.67. The number of hydrogen-bond donors (Lipinski definition) is 1. The number of thioether (sulfide) groups is 1. The fraction of sp³-hybridized carbons (Fsp3) is 0.381. The zero-order chi connectivity index (χ0) is 17.9. The molecule has 0 spiro atoms. The van der Waals surface area contributed by atoms with Crippen LogP contribution in [-0.4, -0.2) is 24.0 Å². The fourth-order valence-corrected chi connectivity index (χ4v) is 3.20. The molecule has 2 rings (SSSR count). The van der Waals surface area contributed by atoms with Crippen LogP contribution in [0.5, 0.6) is 5.75 Å². The van der Waals surface area contributed by atoms with Crippen LogP contribution in [0.15, 0.2) is 48.5 Å². The molecule has 0 aliphatic carbocycles. The quantitative estimate of drug-likeness (QED) is 0.602. The van der Waals surface area contributed by atoms with E-state index in [1.165, 1.54) is 11.1 Å². The lowest BCUT2D eigenvalue weighted by Crippen LogP contribution is -2.14. The molecule has 0 radical (unpaired) electrons. The van der Waals surface area contributed by atoms with Crippen LogP contribution in [0, 0.1) is 6.92 Å². The number of carbonyl (C=O) groups excluding carboxylic acids is 1. The van der Waals surface area contributed by atoms with Gasteiger partial charge in [0.05, 0.1) is 12.4 Å². The van der Waals surface area contributed by atoms with Crippen molar-refractivity contribution in [2.75, 3.05) is 23.4 Å². The number of para-hydroxylation sites is 1. The largest absolute Gasteiger partial charge is 0.493 e. The van der Waals surface area contributed by atoms with Gasteiger partial charge >= 0.3 is 0 Å². The van der Waals surface area contributed by atoms with Crippen molar-refractivity contribution >= 4 is 23.4 Å². The fourth-order valence-electron chi connectivity index (χ4n) is 2.39. The molecule has 0 fully saturated rings. The monoisotopic (exact) mass is 357 g/mol. The molecule has 134 valence electrons. The van der Waals surface area contributed by atoms with E-state index in [9.17, 15) is 4.79 Å². The lowest BCUT2D eigenvalue weighted by atomic mass is 10.1.